The summed E-state index contributed by atoms with van der Waals surface area (Å²) in [6, 6.07) is 1.46. The second-order valence-electron chi connectivity index (χ2n) is 3.94. The Bertz CT molecular complexity index is 484. The van der Waals surface area contributed by atoms with Crippen molar-refractivity contribution in [2.45, 2.75) is 6.42 Å². The maximum atomic E-state index is 11.7. The van der Waals surface area contributed by atoms with Crippen LogP contribution in [-0.2, 0) is 4.79 Å². The third-order valence-corrected chi connectivity index (χ3v) is 2.77. The fourth-order valence-corrected chi connectivity index (χ4v) is 1.83. The summed E-state index contributed by atoms with van der Waals surface area (Å²) >= 11 is 0. The lowest BCUT2D eigenvalue weighted by Gasteiger charge is -2.15. The van der Waals surface area contributed by atoms with E-state index in [0.29, 0.717) is 18.7 Å². The molecule has 17 heavy (non-hydrogen) atoms. The fourth-order valence-electron chi connectivity index (χ4n) is 1.83. The van der Waals surface area contributed by atoms with Gasteiger partial charge in [0.1, 0.15) is 0 Å². The summed E-state index contributed by atoms with van der Waals surface area (Å²) in [5, 5.41) is 8.86. The highest BCUT2D eigenvalue weighted by molar-refractivity contribution is 5.97. The summed E-state index contributed by atoms with van der Waals surface area (Å²) in [6.45, 7) is 4.20. The second kappa shape index (κ2) is 4.37. The van der Waals surface area contributed by atoms with Crippen molar-refractivity contribution in [1.29, 1.82) is 0 Å². The van der Waals surface area contributed by atoms with Gasteiger partial charge in [-0.2, -0.15) is 0 Å². The van der Waals surface area contributed by atoms with E-state index in [1.165, 1.54) is 18.5 Å². The Labute approximate surface area is 98.4 Å². The van der Waals surface area contributed by atoms with Gasteiger partial charge in [-0.3, -0.25) is 9.78 Å². The summed E-state index contributed by atoms with van der Waals surface area (Å²) in [5.41, 5.74) is 0.608. The largest absolute Gasteiger partial charge is 0.478 e. The SMILES string of the molecule is C=CC1CC(=O)N(c2cncc(C(=O)O)c2)C1. The van der Waals surface area contributed by atoms with Crippen molar-refractivity contribution in [3.05, 3.63) is 36.7 Å². The number of carbonyl (C=O) groups is 2. The number of pyridine rings is 1. The van der Waals surface area contributed by atoms with E-state index in [1.807, 2.05) is 0 Å². The Kier molecular flexibility index (Phi) is 2.91. The monoisotopic (exact) mass is 232 g/mol. The van der Waals surface area contributed by atoms with E-state index in [9.17, 15) is 9.59 Å². The first-order chi connectivity index (χ1) is 8.11. The molecule has 1 N–H and O–H groups in total. The molecule has 1 aliphatic heterocycles. The van der Waals surface area contributed by atoms with Crippen LogP contribution in [0, 0.1) is 5.92 Å². The van der Waals surface area contributed by atoms with Gasteiger partial charge in [0.05, 0.1) is 17.4 Å². The Morgan fingerprint density at radius 2 is 2.35 bits per heavy atom. The highest BCUT2D eigenvalue weighted by atomic mass is 16.4. The topological polar surface area (TPSA) is 70.5 Å². The van der Waals surface area contributed by atoms with E-state index in [-0.39, 0.29) is 17.4 Å². The Morgan fingerprint density at radius 3 is 2.94 bits per heavy atom. The number of carboxylic acid groups (broad SMARTS) is 1. The van der Waals surface area contributed by atoms with E-state index in [2.05, 4.69) is 11.6 Å². The van der Waals surface area contributed by atoms with E-state index >= 15 is 0 Å². The molecule has 1 fully saturated rings. The summed E-state index contributed by atoms with van der Waals surface area (Å²) in [7, 11) is 0. The van der Waals surface area contributed by atoms with Crippen LogP contribution >= 0.6 is 0 Å². The molecule has 5 nitrogen and oxygen atoms in total. The number of carbonyl (C=O) groups excluding carboxylic acids is 1. The number of hydrogen-bond donors (Lipinski definition) is 1. The number of aromatic nitrogens is 1. The van der Waals surface area contributed by atoms with Gasteiger partial charge in [-0.05, 0) is 6.07 Å². The lowest BCUT2D eigenvalue weighted by atomic mass is 10.1. The van der Waals surface area contributed by atoms with E-state index < -0.39 is 5.97 Å². The fraction of sp³-hybridized carbons (Fsp3) is 0.250. The summed E-state index contributed by atoms with van der Waals surface area (Å²) in [4.78, 5) is 27.9. The first kappa shape index (κ1) is 11.3. The van der Waals surface area contributed by atoms with Crippen LogP contribution in [0.2, 0.25) is 0 Å². The number of anilines is 1. The predicted octanol–water partition coefficient (Wildman–Crippen LogP) is 1.32. The molecule has 1 saturated heterocycles. The van der Waals surface area contributed by atoms with Gasteiger partial charge >= 0.3 is 5.97 Å². The van der Waals surface area contributed by atoms with Crippen LogP contribution in [0.3, 0.4) is 0 Å². The first-order valence-electron chi connectivity index (χ1n) is 5.23. The van der Waals surface area contributed by atoms with Gasteiger partial charge in [-0.1, -0.05) is 6.08 Å². The Morgan fingerprint density at radius 1 is 1.59 bits per heavy atom. The molecule has 0 aliphatic carbocycles. The number of carboxylic acids is 1. The van der Waals surface area contributed by atoms with Gasteiger partial charge in [-0.15, -0.1) is 6.58 Å². The zero-order valence-corrected chi connectivity index (χ0v) is 9.17. The standard InChI is InChI=1S/C12H12N2O3/c1-2-8-3-11(15)14(7-8)10-4-9(12(16)17)5-13-6-10/h2,4-6,8H,1,3,7H2,(H,16,17). The zero-order chi connectivity index (χ0) is 12.4. The molecule has 1 unspecified atom stereocenters. The lowest BCUT2D eigenvalue weighted by Crippen LogP contribution is -2.24. The minimum absolute atomic E-state index is 0.0285. The van der Waals surface area contributed by atoms with Crippen molar-refractivity contribution in [2.75, 3.05) is 11.4 Å². The smallest absolute Gasteiger partial charge is 0.337 e. The molecule has 1 aliphatic rings. The predicted molar refractivity (Wildman–Crippen MR) is 61.9 cm³/mol. The Hall–Kier alpha value is -2.17. The molecule has 88 valence electrons. The summed E-state index contributed by atoms with van der Waals surface area (Å²) in [5.74, 6) is -0.957. The second-order valence-corrected chi connectivity index (χ2v) is 3.94. The first-order valence-corrected chi connectivity index (χ1v) is 5.23. The molecule has 0 spiro atoms. The number of nitrogens with zero attached hydrogens (tertiary/aromatic N) is 2. The van der Waals surface area contributed by atoms with E-state index in [1.54, 1.807) is 11.0 Å². The van der Waals surface area contributed by atoms with Gasteiger partial charge in [0.25, 0.3) is 0 Å². The molecule has 0 aromatic carbocycles. The molecule has 1 atom stereocenters. The van der Waals surface area contributed by atoms with Crippen molar-refractivity contribution in [1.82, 2.24) is 4.98 Å². The normalized spacial score (nSPS) is 19.4. The number of hydrogen-bond acceptors (Lipinski definition) is 3. The van der Waals surface area contributed by atoms with Crippen molar-refractivity contribution in [2.24, 2.45) is 5.92 Å². The molecule has 1 aromatic heterocycles. The molecule has 0 bridgehead atoms. The lowest BCUT2D eigenvalue weighted by molar-refractivity contribution is -0.117. The van der Waals surface area contributed by atoms with Crippen molar-refractivity contribution < 1.29 is 14.7 Å². The van der Waals surface area contributed by atoms with Crippen LogP contribution in [0.25, 0.3) is 0 Å². The quantitative estimate of drug-likeness (QED) is 0.798. The third kappa shape index (κ3) is 2.18. The molecular weight excluding hydrogens is 220 g/mol. The van der Waals surface area contributed by atoms with Gasteiger partial charge in [0.15, 0.2) is 0 Å². The highest BCUT2D eigenvalue weighted by Gasteiger charge is 2.29. The van der Waals surface area contributed by atoms with Crippen LogP contribution in [0.5, 0.6) is 0 Å². The van der Waals surface area contributed by atoms with Crippen molar-refractivity contribution >= 4 is 17.6 Å². The van der Waals surface area contributed by atoms with Crippen LogP contribution in [0.15, 0.2) is 31.1 Å². The molecular formula is C12H12N2O3. The van der Waals surface area contributed by atoms with E-state index in [0.717, 1.165) is 0 Å². The van der Waals surface area contributed by atoms with Crippen molar-refractivity contribution in [3.8, 4) is 0 Å². The maximum Gasteiger partial charge on any atom is 0.337 e. The van der Waals surface area contributed by atoms with Crippen LogP contribution in [0.4, 0.5) is 5.69 Å². The summed E-state index contributed by atoms with van der Waals surface area (Å²) in [6.07, 6.45) is 4.92. The maximum absolute atomic E-state index is 11.7. The van der Waals surface area contributed by atoms with Gasteiger partial charge in [0, 0.05) is 25.1 Å². The number of rotatable bonds is 3. The molecule has 0 radical (unpaired) electrons. The number of aromatic carboxylic acids is 1. The van der Waals surface area contributed by atoms with Crippen LogP contribution < -0.4 is 4.90 Å². The highest BCUT2D eigenvalue weighted by Crippen LogP contribution is 2.25. The molecule has 5 heteroatoms. The minimum Gasteiger partial charge on any atom is -0.478 e. The molecule has 2 heterocycles. The molecule has 1 aromatic rings. The third-order valence-electron chi connectivity index (χ3n) is 2.77. The molecule has 2 rings (SSSR count). The Balaban J connectivity index is 2.28. The minimum atomic E-state index is -1.05. The van der Waals surface area contributed by atoms with Crippen molar-refractivity contribution in [3.63, 3.8) is 0 Å². The molecule has 1 amide bonds. The average molecular weight is 232 g/mol. The van der Waals surface area contributed by atoms with Crippen LogP contribution in [0.1, 0.15) is 16.8 Å². The van der Waals surface area contributed by atoms with Gasteiger partial charge in [0.2, 0.25) is 5.91 Å². The average Bonchev–Trinajstić information content (AvgIpc) is 2.71. The zero-order valence-electron chi connectivity index (χ0n) is 9.17. The molecule has 0 saturated carbocycles. The van der Waals surface area contributed by atoms with Crippen LogP contribution in [-0.4, -0.2) is 28.5 Å². The van der Waals surface area contributed by atoms with E-state index in [4.69, 9.17) is 5.11 Å². The number of amides is 1. The van der Waals surface area contributed by atoms with Gasteiger partial charge < -0.3 is 10.0 Å². The van der Waals surface area contributed by atoms with Gasteiger partial charge in [-0.25, -0.2) is 4.79 Å². The summed E-state index contributed by atoms with van der Waals surface area (Å²) < 4.78 is 0.